The third kappa shape index (κ3) is 3.14. The molecule has 1 aromatic heterocycles. The smallest absolute Gasteiger partial charge is 0.383 e. The number of hydrogen-bond donors (Lipinski definition) is 0. The van der Waals surface area contributed by atoms with Crippen molar-refractivity contribution in [2.24, 2.45) is 0 Å². The van der Waals surface area contributed by atoms with Gasteiger partial charge in [-0.2, -0.15) is 0 Å². The van der Waals surface area contributed by atoms with Crippen LogP contribution in [0.3, 0.4) is 0 Å². The van der Waals surface area contributed by atoms with Crippen LogP contribution in [0.1, 0.15) is 38.1 Å². The molecule has 0 bridgehead atoms. The van der Waals surface area contributed by atoms with Crippen molar-refractivity contribution >= 4 is 29.1 Å². The highest BCUT2D eigenvalue weighted by atomic mass is 32.1. The molecule has 3 aromatic rings. The number of carbonyl (C=O) groups excluding carboxylic acids is 3. The number of hydrogen-bond acceptors (Lipinski definition) is 7. The van der Waals surface area contributed by atoms with E-state index in [1.165, 1.54) is 28.8 Å². The fraction of sp³-hybridized carbons (Fsp3) is 0.100. The third-order valence-corrected chi connectivity index (χ3v) is 4.95. The number of carbonyl (C=O) groups is 3. The van der Waals surface area contributed by atoms with E-state index in [1.807, 2.05) is 31.2 Å². The van der Waals surface area contributed by atoms with Crippen molar-refractivity contribution in [3.8, 4) is 16.3 Å². The number of benzene rings is 2. The van der Waals surface area contributed by atoms with Gasteiger partial charge in [0.1, 0.15) is 10.8 Å². The molecule has 1 aliphatic heterocycles. The predicted molar refractivity (Wildman–Crippen MR) is 101 cm³/mol. The second kappa shape index (κ2) is 7.24. The van der Waals surface area contributed by atoms with E-state index in [9.17, 15) is 14.4 Å². The summed E-state index contributed by atoms with van der Waals surface area (Å²) in [6.45, 7) is 2.48. The largest absolute Gasteiger partial charge is 0.494 e. The quantitative estimate of drug-likeness (QED) is 0.615. The maximum Gasteiger partial charge on any atom is 0.383 e. The van der Waals surface area contributed by atoms with Crippen LogP contribution in [0.2, 0.25) is 0 Å². The lowest BCUT2D eigenvalue weighted by Gasteiger charge is -2.11. The van der Waals surface area contributed by atoms with Gasteiger partial charge < -0.3 is 9.57 Å². The molecule has 0 saturated carbocycles. The summed E-state index contributed by atoms with van der Waals surface area (Å²) in [5.74, 6) is -1.47. The van der Waals surface area contributed by atoms with Gasteiger partial charge in [-0.1, -0.05) is 17.2 Å². The number of rotatable bonds is 5. The lowest BCUT2D eigenvalue weighted by atomic mass is 10.1. The Kier molecular flexibility index (Phi) is 4.62. The van der Waals surface area contributed by atoms with E-state index in [1.54, 1.807) is 12.1 Å². The molecule has 0 spiro atoms. The molecule has 0 unspecified atom stereocenters. The Labute approximate surface area is 164 Å². The molecule has 0 aliphatic carbocycles. The van der Waals surface area contributed by atoms with Gasteiger partial charge in [0.25, 0.3) is 11.8 Å². The maximum atomic E-state index is 12.4. The molecular weight excluding hydrogens is 380 g/mol. The zero-order chi connectivity index (χ0) is 19.7. The summed E-state index contributed by atoms with van der Waals surface area (Å²) in [5.41, 5.74) is 1.24. The van der Waals surface area contributed by atoms with Crippen molar-refractivity contribution in [3.05, 3.63) is 70.7 Å². The second-order valence-corrected chi connectivity index (χ2v) is 6.68. The van der Waals surface area contributed by atoms with Crippen LogP contribution in [0.25, 0.3) is 10.6 Å². The number of imide groups is 1. The van der Waals surface area contributed by atoms with Gasteiger partial charge in [0.05, 0.1) is 17.7 Å². The number of hydroxylamine groups is 2. The van der Waals surface area contributed by atoms with E-state index in [0.717, 1.165) is 11.3 Å². The molecule has 1 aliphatic rings. The van der Waals surface area contributed by atoms with Gasteiger partial charge >= 0.3 is 5.97 Å². The Bertz CT molecular complexity index is 1040. The molecule has 2 heterocycles. The fourth-order valence-electron chi connectivity index (χ4n) is 2.74. The number of aromatic nitrogens is 1. The predicted octanol–water partition coefficient (Wildman–Crippen LogP) is 3.58. The lowest BCUT2D eigenvalue weighted by molar-refractivity contribution is -0.0587. The molecule has 28 heavy (non-hydrogen) atoms. The Morgan fingerprint density at radius 1 is 1.04 bits per heavy atom. The first-order valence-electron chi connectivity index (χ1n) is 8.47. The summed E-state index contributed by atoms with van der Waals surface area (Å²) >= 11 is 1.26. The van der Waals surface area contributed by atoms with Crippen LogP contribution in [0, 0.1) is 0 Å². The highest BCUT2D eigenvalue weighted by Crippen LogP contribution is 2.27. The van der Waals surface area contributed by atoms with Crippen molar-refractivity contribution in [1.82, 2.24) is 10.0 Å². The zero-order valence-electron chi connectivity index (χ0n) is 14.7. The topological polar surface area (TPSA) is 85.8 Å². The molecule has 7 nitrogen and oxygen atoms in total. The van der Waals surface area contributed by atoms with Gasteiger partial charge in [-0.25, -0.2) is 9.78 Å². The van der Waals surface area contributed by atoms with Gasteiger partial charge in [-0.05, 0) is 43.3 Å². The molecule has 0 fully saturated rings. The molecule has 4 rings (SSSR count). The minimum absolute atomic E-state index is 0.0189. The van der Waals surface area contributed by atoms with Crippen molar-refractivity contribution in [1.29, 1.82) is 0 Å². The van der Waals surface area contributed by atoms with E-state index in [2.05, 4.69) is 4.98 Å². The Hall–Kier alpha value is -3.52. The third-order valence-electron chi connectivity index (χ3n) is 4.06. The standard InChI is InChI=1S/C20H14N2O5S/c1-2-26-13-9-7-12(8-10-13)17-21-16(11-28-17)20(25)27-22-18(23)14-5-3-4-6-15(14)19(22)24/h3-11H,2H2,1H3. The van der Waals surface area contributed by atoms with Crippen LogP contribution in [-0.2, 0) is 4.84 Å². The van der Waals surface area contributed by atoms with Gasteiger partial charge in [0.15, 0.2) is 5.69 Å². The average molecular weight is 394 g/mol. The minimum atomic E-state index is -0.872. The summed E-state index contributed by atoms with van der Waals surface area (Å²) in [7, 11) is 0. The van der Waals surface area contributed by atoms with Crippen molar-refractivity contribution in [3.63, 3.8) is 0 Å². The molecule has 140 valence electrons. The van der Waals surface area contributed by atoms with Crippen LogP contribution in [0.15, 0.2) is 53.9 Å². The van der Waals surface area contributed by atoms with Crippen LogP contribution in [0.5, 0.6) is 5.75 Å². The van der Waals surface area contributed by atoms with E-state index in [-0.39, 0.29) is 16.8 Å². The van der Waals surface area contributed by atoms with Crippen LogP contribution < -0.4 is 4.74 Å². The number of amides is 2. The lowest BCUT2D eigenvalue weighted by Crippen LogP contribution is -2.32. The molecule has 0 N–H and O–H groups in total. The van der Waals surface area contributed by atoms with Gasteiger partial charge in [-0.3, -0.25) is 9.59 Å². The monoisotopic (exact) mass is 394 g/mol. The van der Waals surface area contributed by atoms with E-state index < -0.39 is 17.8 Å². The number of ether oxygens (including phenoxy) is 1. The van der Waals surface area contributed by atoms with Gasteiger partial charge in [0, 0.05) is 10.9 Å². The van der Waals surface area contributed by atoms with Crippen molar-refractivity contribution in [2.45, 2.75) is 6.92 Å². The van der Waals surface area contributed by atoms with Gasteiger partial charge in [0.2, 0.25) is 0 Å². The summed E-state index contributed by atoms with van der Waals surface area (Å²) in [5, 5.41) is 2.60. The van der Waals surface area contributed by atoms with E-state index in [4.69, 9.17) is 9.57 Å². The number of thiazole rings is 1. The van der Waals surface area contributed by atoms with Crippen LogP contribution in [0.4, 0.5) is 0 Å². The second-order valence-electron chi connectivity index (χ2n) is 5.82. The summed E-state index contributed by atoms with van der Waals surface area (Å²) in [6, 6.07) is 13.6. The summed E-state index contributed by atoms with van der Waals surface area (Å²) < 4.78 is 5.40. The minimum Gasteiger partial charge on any atom is -0.494 e. The Balaban J connectivity index is 1.50. The van der Waals surface area contributed by atoms with E-state index >= 15 is 0 Å². The molecule has 8 heteroatoms. The summed E-state index contributed by atoms with van der Waals surface area (Å²) in [6.07, 6.45) is 0. The highest BCUT2D eigenvalue weighted by Gasteiger charge is 2.39. The first-order chi connectivity index (χ1) is 13.6. The molecule has 0 atom stereocenters. The van der Waals surface area contributed by atoms with Crippen molar-refractivity contribution in [2.75, 3.05) is 6.61 Å². The molecule has 0 radical (unpaired) electrons. The SMILES string of the molecule is CCOc1ccc(-c2nc(C(=O)ON3C(=O)c4ccccc4C3=O)cs2)cc1. The molecule has 2 aromatic carbocycles. The summed E-state index contributed by atoms with van der Waals surface area (Å²) in [4.78, 5) is 46.2. The first-order valence-corrected chi connectivity index (χ1v) is 9.35. The molecule has 2 amide bonds. The molecule has 0 saturated heterocycles. The zero-order valence-corrected chi connectivity index (χ0v) is 15.6. The Morgan fingerprint density at radius 3 is 2.29 bits per heavy atom. The number of nitrogens with zero attached hydrogens (tertiary/aromatic N) is 2. The van der Waals surface area contributed by atoms with Gasteiger partial charge in [-0.15, -0.1) is 11.3 Å². The molecular formula is C20H14N2O5S. The normalized spacial score (nSPS) is 12.8. The first kappa shape index (κ1) is 17.9. The number of fused-ring (bicyclic) bond motifs is 1. The van der Waals surface area contributed by atoms with Crippen LogP contribution in [-0.4, -0.2) is 34.4 Å². The Morgan fingerprint density at radius 2 is 1.68 bits per heavy atom. The van der Waals surface area contributed by atoms with Crippen molar-refractivity contribution < 1.29 is 24.0 Å². The fourth-order valence-corrected chi connectivity index (χ4v) is 3.54. The van der Waals surface area contributed by atoms with E-state index in [0.29, 0.717) is 16.7 Å². The average Bonchev–Trinajstić information content (AvgIpc) is 3.29. The maximum absolute atomic E-state index is 12.4. The highest BCUT2D eigenvalue weighted by molar-refractivity contribution is 7.13. The van der Waals surface area contributed by atoms with Crippen LogP contribution >= 0.6 is 11.3 Å².